The van der Waals surface area contributed by atoms with Crippen LogP contribution in [-0.2, 0) is 7.05 Å². The van der Waals surface area contributed by atoms with E-state index in [1.807, 2.05) is 6.92 Å². The summed E-state index contributed by atoms with van der Waals surface area (Å²) in [5.41, 5.74) is 1.34. The van der Waals surface area contributed by atoms with Crippen LogP contribution in [0.1, 0.15) is 11.3 Å². The summed E-state index contributed by atoms with van der Waals surface area (Å²) in [6.07, 6.45) is 2.98. The number of nitrogens with one attached hydrogen (secondary N) is 1. The quantitative estimate of drug-likeness (QED) is 0.810. The second-order valence-corrected chi connectivity index (χ2v) is 3.31. The lowest BCUT2D eigenvalue weighted by Gasteiger charge is -2.06. The van der Waals surface area contributed by atoms with Crippen LogP contribution < -0.4 is 5.32 Å². The van der Waals surface area contributed by atoms with Gasteiger partial charge in [-0.25, -0.2) is 9.97 Å². The fraction of sp³-hybridized carbons (Fsp3) is 0.200. The Balaban J connectivity index is 2.34. The molecule has 2 heterocycles. The van der Waals surface area contributed by atoms with Crippen molar-refractivity contribution in [3.8, 4) is 6.07 Å². The second kappa shape index (κ2) is 3.98. The van der Waals surface area contributed by atoms with Crippen LogP contribution in [0.25, 0.3) is 0 Å². The van der Waals surface area contributed by atoms with E-state index in [-0.39, 0.29) is 0 Å². The summed E-state index contributed by atoms with van der Waals surface area (Å²) >= 11 is 0. The molecule has 0 fully saturated rings. The second-order valence-electron chi connectivity index (χ2n) is 3.31. The van der Waals surface area contributed by atoms with Crippen LogP contribution in [0, 0.1) is 18.3 Å². The summed E-state index contributed by atoms with van der Waals surface area (Å²) in [6, 6.07) is 3.86. The molecule has 0 spiro atoms. The molecule has 80 valence electrons. The highest BCUT2D eigenvalue weighted by molar-refractivity contribution is 5.59. The van der Waals surface area contributed by atoms with E-state index < -0.39 is 0 Å². The number of nitriles is 1. The van der Waals surface area contributed by atoms with E-state index in [2.05, 4.69) is 26.5 Å². The molecular formula is C10H10N6. The average Bonchev–Trinajstić information content (AvgIpc) is 2.60. The zero-order valence-corrected chi connectivity index (χ0v) is 8.97. The molecular weight excluding hydrogens is 204 g/mol. The van der Waals surface area contributed by atoms with Crippen LogP contribution in [0.4, 0.5) is 11.6 Å². The molecule has 2 aromatic rings. The van der Waals surface area contributed by atoms with E-state index >= 15 is 0 Å². The monoisotopic (exact) mass is 214 g/mol. The van der Waals surface area contributed by atoms with Gasteiger partial charge in [-0.15, -0.1) is 0 Å². The topological polar surface area (TPSA) is 79.4 Å². The summed E-state index contributed by atoms with van der Waals surface area (Å²) < 4.78 is 1.59. The molecule has 2 rings (SSSR count). The number of hydrogen-bond donors (Lipinski definition) is 1. The van der Waals surface area contributed by atoms with Gasteiger partial charge in [0.1, 0.15) is 29.6 Å². The zero-order valence-electron chi connectivity index (χ0n) is 8.97. The fourth-order valence-corrected chi connectivity index (χ4v) is 1.31. The Hall–Kier alpha value is -2.42. The van der Waals surface area contributed by atoms with E-state index in [9.17, 15) is 0 Å². The molecule has 0 atom stereocenters. The van der Waals surface area contributed by atoms with E-state index in [0.29, 0.717) is 17.2 Å². The van der Waals surface area contributed by atoms with Gasteiger partial charge in [0.15, 0.2) is 0 Å². The number of rotatable bonds is 2. The predicted molar refractivity (Wildman–Crippen MR) is 58.0 cm³/mol. The van der Waals surface area contributed by atoms with E-state index in [1.54, 1.807) is 17.8 Å². The van der Waals surface area contributed by atoms with Gasteiger partial charge in [0, 0.05) is 18.8 Å². The van der Waals surface area contributed by atoms with Crippen molar-refractivity contribution in [2.75, 3.05) is 5.32 Å². The van der Waals surface area contributed by atoms with Gasteiger partial charge in [-0.3, -0.25) is 4.68 Å². The summed E-state index contributed by atoms with van der Waals surface area (Å²) in [5.74, 6) is 1.27. The molecule has 0 saturated heterocycles. The first-order chi connectivity index (χ1) is 7.70. The third-order valence-corrected chi connectivity index (χ3v) is 2.11. The van der Waals surface area contributed by atoms with Crippen LogP contribution in [0.15, 0.2) is 18.6 Å². The molecule has 16 heavy (non-hydrogen) atoms. The summed E-state index contributed by atoms with van der Waals surface area (Å²) in [7, 11) is 1.76. The smallest absolute Gasteiger partial charge is 0.147 e. The van der Waals surface area contributed by atoms with Crippen LogP contribution >= 0.6 is 0 Å². The number of hydrogen-bond acceptors (Lipinski definition) is 5. The molecule has 0 radical (unpaired) electrons. The average molecular weight is 214 g/mol. The SMILES string of the molecule is Cc1cc(Nc2c(C#N)cnn2C)ncn1. The lowest BCUT2D eigenvalue weighted by Crippen LogP contribution is -2.02. The minimum absolute atomic E-state index is 0.485. The Labute approximate surface area is 92.6 Å². The zero-order chi connectivity index (χ0) is 11.5. The van der Waals surface area contributed by atoms with E-state index in [1.165, 1.54) is 12.5 Å². The van der Waals surface area contributed by atoms with Crippen molar-refractivity contribution in [2.24, 2.45) is 7.05 Å². The van der Waals surface area contributed by atoms with Crippen molar-refractivity contribution in [3.63, 3.8) is 0 Å². The van der Waals surface area contributed by atoms with E-state index in [4.69, 9.17) is 5.26 Å². The molecule has 0 saturated carbocycles. The molecule has 0 aliphatic heterocycles. The minimum atomic E-state index is 0.485. The Morgan fingerprint density at radius 2 is 2.25 bits per heavy atom. The maximum Gasteiger partial charge on any atom is 0.147 e. The van der Waals surface area contributed by atoms with Crippen LogP contribution in [0.3, 0.4) is 0 Å². The fourth-order valence-electron chi connectivity index (χ4n) is 1.31. The third kappa shape index (κ3) is 1.83. The molecule has 1 N–H and O–H groups in total. The lowest BCUT2D eigenvalue weighted by molar-refractivity contribution is 0.776. The van der Waals surface area contributed by atoms with Gasteiger partial charge in [-0.2, -0.15) is 10.4 Å². The van der Waals surface area contributed by atoms with Gasteiger partial charge >= 0.3 is 0 Å². The highest BCUT2D eigenvalue weighted by Gasteiger charge is 2.08. The molecule has 0 aliphatic rings. The van der Waals surface area contributed by atoms with Gasteiger partial charge in [-0.1, -0.05) is 0 Å². The van der Waals surface area contributed by atoms with Gasteiger partial charge in [-0.05, 0) is 6.92 Å². The van der Waals surface area contributed by atoms with Gasteiger partial charge < -0.3 is 5.32 Å². The normalized spacial score (nSPS) is 9.81. The molecule has 2 aromatic heterocycles. The molecule has 6 nitrogen and oxygen atoms in total. The summed E-state index contributed by atoms with van der Waals surface area (Å²) in [5, 5.41) is 15.9. The van der Waals surface area contributed by atoms with Gasteiger partial charge in [0.05, 0.1) is 6.20 Å². The molecule has 0 aromatic carbocycles. The first kappa shape index (κ1) is 10.1. The Bertz CT molecular complexity index is 551. The van der Waals surface area contributed by atoms with Crippen molar-refractivity contribution in [1.29, 1.82) is 5.26 Å². The third-order valence-electron chi connectivity index (χ3n) is 2.11. The van der Waals surface area contributed by atoms with Crippen LogP contribution in [0.5, 0.6) is 0 Å². The molecule has 6 heteroatoms. The Morgan fingerprint density at radius 1 is 1.44 bits per heavy atom. The predicted octanol–water partition coefficient (Wildman–Crippen LogP) is 1.13. The van der Waals surface area contributed by atoms with E-state index in [0.717, 1.165) is 5.69 Å². The standard InChI is InChI=1S/C10H10N6/c1-7-3-9(13-6-12-7)15-10-8(4-11)5-14-16(10)2/h3,5-6H,1-2H3,(H,12,13,15). The molecule has 0 amide bonds. The van der Waals surface area contributed by atoms with Gasteiger partial charge in [0.2, 0.25) is 0 Å². The van der Waals surface area contributed by atoms with Crippen molar-refractivity contribution < 1.29 is 0 Å². The summed E-state index contributed by atoms with van der Waals surface area (Å²) in [6.45, 7) is 1.88. The first-order valence-electron chi connectivity index (χ1n) is 4.68. The van der Waals surface area contributed by atoms with Crippen molar-refractivity contribution in [1.82, 2.24) is 19.7 Å². The highest BCUT2D eigenvalue weighted by atomic mass is 15.3. The first-order valence-corrected chi connectivity index (χ1v) is 4.68. The van der Waals surface area contributed by atoms with Gasteiger partial charge in [0.25, 0.3) is 0 Å². The maximum atomic E-state index is 8.89. The summed E-state index contributed by atoms with van der Waals surface area (Å²) in [4.78, 5) is 8.05. The lowest BCUT2D eigenvalue weighted by atomic mass is 10.3. The highest BCUT2D eigenvalue weighted by Crippen LogP contribution is 2.17. The molecule has 0 aliphatic carbocycles. The van der Waals surface area contributed by atoms with Crippen molar-refractivity contribution in [2.45, 2.75) is 6.92 Å². The number of anilines is 2. The number of nitrogens with zero attached hydrogens (tertiary/aromatic N) is 5. The van der Waals surface area contributed by atoms with Crippen molar-refractivity contribution in [3.05, 3.63) is 29.8 Å². The van der Waals surface area contributed by atoms with Crippen LogP contribution in [0.2, 0.25) is 0 Å². The maximum absolute atomic E-state index is 8.89. The number of aromatic nitrogens is 4. The largest absolute Gasteiger partial charge is 0.324 e. The Morgan fingerprint density at radius 3 is 2.94 bits per heavy atom. The van der Waals surface area contributed by atoms with Crippen molar-refractivity contribution >= 4 is 11.6 Å². The molecule has 0 unspecified atom stereocenters. The Kier molecular flexibility index (Phi) is 2.52. The minimum Gasteiger partial charge on any atom is -0.324 e. The van der Waals surface area contributed by atoms with Crippen LogP contribution in [-0.4, -0.2) is 19.7 Å². The number of aryl methyl sites for hydroxylation is 2. The molecule has 0 bridgehead atoms.